The zero-order chi connectivity index (χ0) is 21.1. The van der Waals surface area contributed by atoms with Gasteiger partial charge in [0.25, 0.3) is 0 Å². The molecule has 1 heterocycles. The summed E-state index contributed by atoms with van der Waals surface area (Å²) in [5, 5.41) is 7.63. The van der Waals surface area contributed by atoms with Crippen LogP contribution in [0.4, 0.5) is 5.69 Å². The highest BCUT2D eigenvalue weighted by molar-refractivity contribution is 6.08. The molecule has 7 nitrogen and oxygen atoms in total. The number of hydrogen-bond acceptors (Lipinski definition) is 5. The number of para-hydroxylation sites is 1. The molecule has 0 bridgehead atoms. The lowest BCUT2D eigenvalue weighted by molar-refractivity contribution is -0.125. The fourth-order valence-electron chi connectivity index (χ4n) is 3.19. The Morgan fingerprint density at radius 2 is 1.83 bits per heavy atom. The van der Waals surface area contributed by atoms with Crippen LogP contribution in [0.15, 0.2) is 40.8 Å². The van der Waals surface area contributed by atoms with Crippen LogP contribution in [0.5, 0.6) is 5.75 Å². The normalized spacial score (nSPS) is 12.5. The Labute approximate surface area is 170 Å². The Morgan fingerprint density at radius 3 is 2.52 bits per heavy atom. The standard InChI is InChI=1S/C22H27N3O4/c1-13(2)23-21(26)12-25(4)14(3)22(27)24-17-11-19-16(10-20(17)28-5)15-8-6-7-9-18(15)29-19/h6-11,13-14H,12H2,1-5H3,(H,23,26)(H,24,27)/t14-/m1/s1. The lowest BCUT2D eigenvalue weighted by atomic mass is 10.1. The van der Waals surface area contributed by atoms with E-state index in [0.29, 0.717) is 17.0 Å². The van der Waals surface area contributed by atoms with Crippen LogP contribution < -0.4 is 15.4 Å². The number of carbonyl (C=O) groups is 2. The van der Waals surface area contributed by atoms with Crippen molar-refractivity contribution in [3.8, 4) is 5.75 Å². The van der Waals surface area contributed by atoms with Gasteiger partial charge in [-0.2, -0.15) is 0 Å². The summed E-state index contributed by atoms with van der Waals surface area (Å²) in [4.78, 5) is 26.4. The van der Waals surface area contributed by atoms with Crippen LogP contribution in [0.2, 0.25) is 0 Å². The molecule has 0 aliphatic rings. The molecule has 0 unspecified atom stereocenters. The number of rotatable bonds is 7. The van der Waals surface area contributed by atoms with Crippen molar-refractivity contribution < 1.29 is 18.7 Å². The Balaban J connectivity index is 1.80. The summed E-state index contributed by atoms with van der Waals surface area (Å²) in [6.07, 6.45) is 0. The van der Waals surface area contributed by atoms with E-state index in [1.165, 1.54) is 0 Å². The van der Waals surface area contributed by atoms with Gasteiger partial charge in [-0.05, 0) is 40.0 Å². The second-order valence-corrected chi connectivity index (χ2v) is 7.45. The van der Waals surface area contributed by atoms with Gasteiger partial charge in [-0.3, -0.25) is 14.5 Å². The summed E-state index contributed by atoms with van der Waals surface area (Å²) in [7, 11) is 3.30. The van der Waals surface area contributed by atoms with E-state index < -0.39 is 6.04 Å². The van der Waals surface area contributed by atoms with Crippen molar-refractivity contribution in [3.05, 3.63) is 36.4 Å². The van der Waals surface area contributed by atoms with Crippen molar-refractivity contribution in [2.45, 2.75) is 32.9 Å². The number of likely N-dealkylation sites (N-methyl/N-ethyl adjacent to an activating group) is 1. The largest absolute Gasteiger partial charge is 0.495 e. The van der Waals surface area contributed by atoms with Gasteiger partial charge >= 0.3 is 0 Å². The highest BCUT2D eigenvalue weighted by Gasteiger charge is 2.22. The van der Waals surface area contributed by atoms with E-state index in [2.05, 4.69) is 10.6 Å². The third-order valence-corrected chi connectivity index (χ3v) is 4.84. The molecule has 0 aliphatic carbocycles. The van der Waals surface area contributed by atoms with Gasteiger partial charge in [0.15, 0.2) is 0 Å². The fourth-order valence-corrected chi connectivity index (χ4v) is 3.19. The molecular weight excluding hydrogens is 370 g/mol. The van der Waals surface area contributed by atoms with Crippen molar-refractivity contribution in [2.24, 2.45) is 0 Å². The van der Waals surface area contributed by atoms with Gasteiger partial charge in [0, 0.05) is 22.9 Å². The first-order valence-corrected chi connectivity index (χ1v) is 9.60. The number of methoxy groups -OCH3 is 1. The first-order chi connectivity index (χ1) is 13.8. The number of nitrogens with one attached hydrogen (secondary N) is 2. The van der Waals surface area contributed by atoms with E-state index in [4.69, 9.17) is 9.15 Å². The Morgan fingerprint density at radius 1 is 1.10 bits per heavy atom. The van der Waals surface area contributed by atoms with E-state index in [-0.39, 0.29) is 24.4 Å². The Bertz CT molecular complexity index is 1040. The topological polar surface area (TPSA) is 83.8 Å². The van der Waals surface area contributed by atoms with Crippen LogP contribution in [0, 0.1) is 0 Å². The summed E-state index contributed by atoms with van der Waals surface area (Å²) in [6, 6.07) is 10.9. The third-order valence-electron chi connectivity index (χ3n) is 4.84. The monoisotopic (exact) mass is 397 g/mol. The van der Waals surface area contributed by atoms with E-state index in [0.717, 1.165) is 16.4 Å². The lowest BCUT2D eigenvalue weighted by Gasteiger charge is -2.24. The van der Waals surface area contributed by atoms with Gasteiger partial charge < -0.3 is 19.8 Å². The maximum absolute atomic E-state index is 12.8. The molecule has 1 aromatic heterocycles. The fraction of sp³-hybridized carbons (Fsp3) is 0.364. The second-order valence-electron chi connectivity index (χ2n) is 7.45. The number of anilines is 1. The molecule has 3 aromatic rings. The summed E-state index contributed by atoms with van der Waals surface area (Å²) in [5.74, 6) is 0.187. The van der Waals surface area contributed by atoms with E-state index in [1.807, 2.05) is 44.2 Å². The number of carbonyl (C=O) groups excluding carboxylic acids is 2. The van der Waals surface area contributed by atoms with E-state index in [1.54, 1.807) is 32.0 Å². The molecule has 3 rings (SSSR count). The molecule has 0 saturated heterocycles. The van der Waals surface area contributed by atoms with Crippen LogP contribution in [0.1, 0.15) is 20.8 Å². The molecule has 2 amide bonds. The predicted molar refractivity (Wildman–Crippen MR) is 114 cm³/mol. The molecule has 0 spiro atoms. The molecule has 154 valence electrons. The molecule has 0 aliphatic heterocycles. The maximum Gasteiger partial charge on any atom is 0.241 e. The number of ether oxygens (including phenoxy) is 1. The second kappa shape index (κ2) is 8.53. The number of furan rings is 1. The highest BCUT2D eigenvalue weighted by atomic mass is 16.5. The number of hydrogen-bond donors (Lipinski definition) is 2. The van der Waals surface area contributed by atoms with Crippen molar-refractivity contribution in [2.75, 3.05) is 26.0 Å². The minimum absolute atomic E-state index is 0.0554. The van der Waals surface area contributed by atoms with Crippen LogP contribution in [0.25, 0.3) is 21.9 Å². The quantitative estimate of drug-likeness (QED) is 0.639. The summed E-state index contributed by atoms with van der Waals surface area (Å²) in [5.41, 5.74) is 1.97. The van der Waals surface area contributed by atoms with Crippen LogP contribution in [-0.4, -0.2) is 49.5 Å². The number of fused-ring (bicyclic) bond motifs is 3. The summed E-state index contributed by atoms with van der Waals surface area (Å²) in [6.45, 7) is 5.68. The van der Waals surface area contributed by atoms with Gasteiger partial charge in [-0.25, -0.2) is 0 Å². The van der Waals surface area contributed by atoms with Crippen molar-refractivity contribution in [3.63, 3.8) is 0 Å². The average molecular weight is 397 g/mol. The smallest absolute Gasteiger partial charge is 0.241 e. The molecule has 2 N–H and O–H groups in total. The molecule has 0 radical (unpaired) electrons. The van der Waals surface area contributed by atoms with Gasteiger partial charge in [-0.1, -0.05) is 18.2 Å². The van der Waals surface area contributed by atoms with Crippen LogP contribution in [-0.2, 0) is 9.59 Å². The van der Waals surface area contributed by atoms with Crippen molar-refractivity contribution >= 4 is 39.4 Å². The van der Waals surface area contributed by atoms with Crippen molar-refractivity contribution in [1.82, 2.24) is 10.2 Å². The third kappa shape index (κ3) is 4.51. The van der Waals surface area contributed by atoms with Gasteiger partial charge in [0.1, 0.15) is 16.9 Å². The molecule has 0 fully saturated rings. The SMILES string of the molecule is COc1cc2c(cc1NC(=O)[C@@H](C)N(C)CC(=O)NC(C)C)oc1ccccc12. The molecular formula is C22H27N3O4. The summed E-state index contributed by atoms with van der Waals surface area (Å²) < 4.78 is 11.4. The number of nitrogens with zero attached hydrogens (tertiary/aromatic N) is 1. The van der Waals surface area contributed by atoms with E-state index in [9.17, 15) is 9.59 Å². The minimum Gasteiger partial charge on any atom is -0.495 e. The number of benzene rings is 2. The average Bonchev–Trinajstić information content (AvgIpc) is 3.03. The number of amides is 2. The van der Waals surface area contributed by atoms with Crippen LogP contribution >= 0.6 is 0 Å². The lowest BCUT2D eigenvalue weighted by Crippen LogP contribution is -2.46. The first kappa shape index (κ1) is 20.7. The van der Waals surface area contributed by atoms with Crippen LogP contribution in [0.3, 0.4) is 0 Å². The van der Waals surface area contributed by atoms with Gasteiger partial charge in [0.2, 0.25) is 11.8 Å². The van der Waals surface area contributed by atoms with E-state index >= 15 is 0 Å². The molecule has 0 saturated carbocycles. The molecule has 1 atom stereocenters. The van der Waals surface area contributed by atoms with Crippen molar-refractivity contribution in [1.29, 1.82) is 0 Å². The zero-order valence-electron chi connectivity index (χ0n) is 17.4. The first-order valence-electron chi connectivity index (χ1n) is 9.60. The molecule has 7 heteroatoms. The molecule has 2 aromatic carbocycles. The predicted octanol–water partition coefficient (Wildman–Crippen LogP) is 3.38. The maximum atomic E-state index is 12.8. The molecule has 29 heavy (non-hydrogen) atoms. The zero-order valence-corrected chi connectivity index (χ0v) is 17.4. The van der Waals surface area contributed by atoms with Gasteiger partial charge in [0.05, 0.1) is 25.4 Å². The van der Waals surface area contributed by atoms with Gasteiger partial charge in [-0.15, -0.1) is 0 Å². The Hall–Kier alpha value is -3.06. The summed E-state index contributed by atoms with van der Waals surface area (Å²) >= 11 is 0. The highest BCUT2D eigenvalue weighted by Crippen LogP contribution is 2.36. The minimum atomic E-state index is -0.510. The Kier molecular flexibility index (Phi) is 6.08.